The van der Waals surface area contributed by atoms with Crippen LogP contribution in [-0.4, -0.2) is 32.1 Å². The highest BCUT2D eigenvalue weighted by molar-refractivity contribution is 6.46. The number of nitrogens with one attached hydrogen (secondary N) is 1. The Labute approximate surface area is 185 Å². The molecule has 3 rings (SSSR count). The molecule has 29 heavy (non-hydrogen) atoms. The van der Waals surface area contributed by atoms with E-state index in [4.69, 9.17) is 51.5 Å². The smallest absolute Gasteiger partial charge is 0.356 e. The third-order valence-corrected chi connectivity index (χ3v) is 5.40. The number of hydrazone groups is 1. The second-order valence-electron chi connectivity index (χ2n) is 5.86. The van der Waals surface area contributed by atoms with Crippen LogP contribution in [0.3, 0.4) is 0 Å². The van der Waals surface area contributed by atoms with Crippen molar-refractivity contribution >= 4 is 64.3 Å². The summed E-state index contributed by atoms with van der Waals surface area (Å²) in [5.41, 5.74) is 4.47. The zero-order valence-corrected chi connectivity index (χ0v) is 17.9. The summed E-state index contributed by atoms with van der Waals surface area (Å²) in [5.74, 6) is -1.35. The first-order chi connectivity index (χ1) is 13.8. The van der Waals surface area contributed by atoms with Gasteiger partial charge in [0.05, 0.1) is 29.7 Å². The van der Waals surface area contributed by atoms with Crippen LogP contribution in [0.25, 0.3) is 0 Å². The monoisotopic (exact) mass is 471 g/mol. The van der Waals surface area contributed by atoms with Crippen molar-refractivity contribution in [3.8, 4) is 0 Å². The Balaban J connectivity index is 1.86. The lowest BCUT2D eigenvalue weighted by Crippen LogP contribution is -2.05. The fourth-order valence-corrected chi connectivity index (χ4v) is 3.44. The second kappa shape index (κ2) is 9.00. The molecule has 150 valence electrons. The zero-order valence-electron chi connectivity index (χ0n) is 14.8. The number of carbonyl (C=O) groups is 1. The maximum Gasteiger partial charge on any atom is 0.356 e. The molecule has 3 aromatic rings. The highest BCUT2D eigenvalue weighted by Gasteiger charge is 2.21. The second-order valence-corrected chi connectivity index (χ2v) is 7.33. The van der Waals surface area contributed by atoms with Gasteiger partial charge in [-0.25, -0.2) is 14.5 Å². The largest absolute Gasteiger partial charge is 0.476 e. The first-order valence-electron chi connectivity index (χ1n) is 8.13. The topological polar surface area (TPSA) is 92.4 Å². The molecule has 0 amide bonds. The number of aromatic carboxylic acids is 1. The highest BCUT2D eigenvalue weighted by Crippen LogP contribution is 2.36. The molecule has 0 spiro atoms. The number of carboxylic acids is 1. The Hall–Kier alpha value is -2.32. The minimum absolute atomic E-state index is 0.0208. The number of aryl methyl sites for hydroxylation is 1. The summed E-state index contributed by atoms with van der Waals surface area (Å²) in [5, 5.41) is 17.6. The molecule has 2 heterocycles. The summed E-state index contributed by atoms with van der Waals surface area (Å²) < 4.78 is 1.65. The fraction of sp³-hybridized carbons (Fsp3) is 0.111. The van der Waals surface area contributed by atoms with Crippen molar-refractivity contribution in [2.24, 2.45) is 5.10 Å². The van der Waals surface area contributed by atoms with E-state index in [1.807, 2.05) is 30.3 Å². The Bertz CT molecular complexity index is 1100. The number of carboxylic acid groups (broad SMARTS) is 1. The predicted molar refractivity (Wildman–Crippen MR) is 115 cm³/mol. The van der Waals surface area contributed by atoms with Crippen LogP contribution >= 0.6 is 46.4 Å². The lowest BCUT2D eigenvalue weighted by molar-refractivity contribution is 0.0691. The number of anilines is 1. The first-order valence-corrected chi connectivity index (χ1v) is 9.64. The number of pyridine rings is 1. The number of hydrogen-bond donors (Lipinski definition) is 2. The van der Waals surface area contributed by atoms with E-state index in [-0.39, 0.29) is 20.9 Å². The predicted octanol–water partition coefficient (Wildman–Crippen LogP) is 5.39. The lowest BCUT2D eigenvalue weighted by atomic mass is 10.2. The van der Waals surface area contributed by atoms with E-state index in [2.05, 4.69) is 20.6 Å². The van der Waals surface area contributed by atoms with E-state index in [1.165, 1.54) is 6.21 Å². The molecule has 0 saturated carbocycles. The van der Waals surface area contributed by atoms with E-state index < -0.39 is 11.7 Å². The van der Waals surface area contributed by atoms with Gasteiger partial charge in [0.1, 0.15) is 15.2 Å². The number of aromatic nitrogens is 3. The number of rotatable bonds is 6. The van der Waals surface area contributed by atoms with Gasteiger partial charge < -0.3 is 5.11 Å². The zero-order chi connectivity index (χ0) is 21.1. The van der Waals surface area contributed by atoms with Gasteiger partial charge in [-0.1, -0.05) is 76.7 Å². The molecule has 0 bridgehead atoms. The minimum atomic E-state index is -1.35. The van der Waals surface area contributed by atoms with Crippen molar-refractivity contribution in [2.45, 2.75) is 13.5 Å². The summed E-state index contributed by atoms with van der Waals surface area (Å²) in [6.45, 7) is 2.29. The number of halogens is 4. The van der Waals surface area contributed by atoms with Crippen molar-refractivity contribution in [3.63, 3.8) is 0 Å². The summed E-state index contributed by atoms with van der Waals surface area (Å²) in [6, 6.07) is 9.75. The van der Waals surface area contributed by atoms with E-state index in [0.29, 0.717) is 23.0 Å². The molecule has 0 aliphatic heterocycles. The maximum absolute atomic E-state index is 11.2. The molecule has 0 radical (unpaired) electrons. The van der Waals surface area contributed by atoms with Crippen molar-refractivity contribution in [3.05, 3.63) is 73.2 Å². The molecule has 2 aromatic heterocycles. The van der Waals surface area contributed by atoms with E-state index >= 15 is 0 Å². The molecule has 0 saturated heterocycles. The first kappa shape index (κ1) is 21.4. The van der Waals surface area contributed by atoms with Crippen LogP contribution in [0.1, 0.15) is 27.3 Å². The molecule has 11 heteroatoms. The van der Waals surface area contributed by atoms with Gasteiger partial charge in [-0.2, -0.15) is 10.2 Å². The van der Waals surface area contributed by atoms with Crippen molar-refractivity contribution in [2.75, 3.05) is 5.43 Å². The number of hydrogen-bond acceptors (Lipinski definition) is 5. The number of nitrogens with zero attached hydrogens (tertiary/aromatic N) is 4. The van der Waals surface area contributed by atoms with Crippen LogP contribution in [0.2, 0.25) is 20.4 Å². The Kier molecular flexibility index (Phi) is 6.64. The van der Waals surface area contributed by atoms with Crippen LogP contribution in [-0.2, 0) is 6.54 Å². The van der Waals surface area contributed by atoms with Gasteiger partial charge in [0.2, 0.25) is 0 Å². The number of benzene rings is 1. The van der Waals surface area contributed by atoms with Gasteiger partial charge in [-0.15, -0.1) is 0 Å². The van der Waals surface area contributed by atoms with Crippen LogP contribution in [0.5, 0.6) is 0 Å². The summed E-state index contributed by atoms with van der Waals surface area (Å²) in [7, 11) is 0. The third kappa shape index (κ3) is 4.64. The normalized spacial score (nSPS) is 11.2. The van der Waals surface area contributed by atoms with E-state index in [1.54, 1.807) is 11.6 Å². The van der Waals surface area contributed by atoms with E-state index in [9.17, 15) is 4.79 Å². The van der Waals surface area contributed by atoms with Gasteiger partial charge in [0.25, 0.3) is 0 Å². The third-order valence-electron chi connectivity index (χ3n) is 3.90. The van der Waals surface area contributed by atoms with Crippen molar-refractivity contribution in [1.29, 1.82) is 0 Å². The SMILES string of the molecule is Cc1nn(Cc2ccccc2)c(Cl)c1/C=N/Nc1c(Cl)c(Cl)nc(C(=O)O)c1Cl. The van der Waals surface area contributed by atoms with Crippen molar-refractivity contribution < 1.29 is 9.90 Å². The Morgan fingerprint density at radius 3 is 2.55 bits per heavy atom. The van der Waals surface area contributed by atoms with Gasteiger partial charge in [0, 0.05) is 0 Å². The summed E-state index contributed by atoms with van der Waals surface area (Å²) >= 11 is 24.4. The Morgan fingerprint density at radius 1 is 1.21 bits per heavy atom. The fourth-order valence-electron chi connectivity index (χ4n) is 2.49. The molecule has 2 N–H and O–H groups in total. The van der Waals surface area contributed by atoms with Crippen LogP contribution in [0.15, 0.2) is 35.4 Å². The Morgan fingerprint density at radius 2 is 1.90 bits per heavy atom. The molecule has 0 atom stereocenters. The average molecular weight is 473 g/mol. The molecule has 7 nitrogen and oxygen atoms in total. The molecule has 0 unspecified atom stereocenters. The van der Waals surface area contributed by atoms with Crippen LogP contribution in [0.4, 0.5) is 5.69 Å². The molecular weight excluding hydrogens is 460 g/mol. The minimum Gasteiger partial charge on any atom is -0.476 e. The van der Waals surface area contributed by atoms with E-state index in [0.717, 1.165) is 5.56 Å². The highest BCUT2D eigenvalue weighted by atomic mass is 35.5. The standard InChI is InChI=1S/C18H13Cl4N5O2/c1-9-11(17(22)27(26-9)8-10-5-3-2-4-6-10)7-23-25-14-12(19)15(18(28)29)24-16(21)13(14)20/h2-7H,8H2,1H3,(H,24,25)(H,28,29)/b23-7+. The van der Waals surface area contributed by atoms with Crippen molar-refractivity contribution in [1.82, 2.24) is 14.8 Å². The molecule has 1 aromatic carbocycles. The molecular formula is C18H13Cl4N5O2. The maximum atomic E-state index is 11.2. The quantitative estimate of drug-likeness (QED) is 0.285. The van der Waals surface area contributed by atoms with Gasteiger partial charge in [-0.05, 0) is 12.5 Å². The van der Waals surface area contributed by atoms with Gasteiger partial charge in [0.15, 0.2) is 10.8 Å². The molecule has 0 fully saturated rings. The van der Waals surface area contributed by atoms with Gasteiger partial charge >= 0.3 is 5.97 Å². The van der Waals surface area contributed by atoms with Crippen LogP contribution < -0.4 is 5.43 Å². The lowest BCUT2D eigenvalue weighted by Gasteiger charge is -2.09. The molecule has 0 aliphatic rings. The summed E-state index contributed by atoms with van der Waals surface area (Å²) in [6.07, 6.45) is 1.44. The van der Waals surface area contributed by atoms with Gasteiger partial charge in [-0.3, -0.25) is 5.43 Å². The summed E-state index contributed by atoms with van der Waals surface area (Å²) in [4.78, 5) is 14.9. The average Bonchev–Trinajstić information content (AvgIpc) is 2.95. The molecule has 0 aliphatic carbocycles. The van der Waals surface area contributed by atoms with Crippen LogP contribution in [0, 0.1) is 6.92 Å².